The molecule has 0 spiro atoms. The number of hydrogen-bond acceptors (Lipinski definition) is 6. The normalized spacial score (nSPS) is 12.4. The van der Waals surface area contributed by atoms with Crippen LogP contribution in [-0.2, 0) is 17.1 Å². The number of thiazole rings is 1. The van der Waals surface area contributed by atoms with Crippen LogP contribution in [0.4, 0.5) is 5.69 Å². The summed E-state index contributed by atoms with van der Waals surface area (Å²) in [6.45, 7) is 4.80. The highest BCUT2D eigenvalue weighted by molar-refractivity contribution is 7.89. The van der Waals surface area contributed by atoms with Crippen molar-refractivity contribution in [1.82, 2.24) is 8.87 Å². The first-order chi connectivity index (χ1) is 16.7. The molecule has 11 heteroatoms. The third-order valence-electron chi connectivity index (χ3n) is 5.38. The summed E-state index contributed by atoms with van der Waals surface area (Å²) in [4.78, 5) is 5.51. The Bertz CT molecular complexity index is 1360. The first-order valence-electron chi connectivity index (χ1n) is 11.1. The van der Waals surface area contributed by atoms with Crippen LogP contribution in [0.15, 0.2) is 45.6 Å². The molecular formula is C24H29Cl2N3O4S2. The number of benzene rings is 2. The number of sulfonamides is 1. The summed E-state index contributed by atoms with van der Waals surface area (Å²) in [7, 11) is 1.22. The summed E-state index contributed by atoms with van der Waals surface area (Å²) in [5, 5.41) is 2.54. The zero-order valence-corrected chi connectivity index (χ0v) is 23.5. The molecule has 0 saturated heterocycles. The Balaban J connectivity index is 2.09. The van der Waals surface area contributed by atoms with Gasteiger partial charge in [-0.05, 0) is 31.0 Å². The second kappa shape index (κ2) is 11.8. The Morgan fingerprint density at radius 3 is 2.26 bits per heavy atom. The van der Waals surface area contributed by atoms with Gasteiger partial charge in [-0.2, -0.15) is 4.31 Å². The van der Waals surface area contributed by atoms with Gasteiger partial charge in [0.05, 0.1) is 30.0 Å². The molecule has 0 aliphatic rings. The van der Waals surface area contributed by atoms with E-state index in [-0.39, 0.29) is 9.92 Å². The van der Waals surface area contributed by atoms with Crippen molar-refractivity contribution < 1.29 is 17.9 Å². The van der Waals surface area contributed by atoms with Gasteiger partial charge in [-0.25, -0.2) is 13.4 Å². The van der Waals surface area contributed by atoms with Crippen LogP contribution >= 0.6 is 34.5 Å². The van der Waals surface area contributed by atoms with Crippen LogP contribution in [0.2, 0.25) is 10.0 Å². The van der Waals surface area contributed by atoms with Gasteiger partial charge >= 0.3 is 0 Å². The third kappa shape index (κ3) is 5.86. The Morgan fingerprint density at radius 1 is 1.00 bits per heavy atom. The predicted octanol–water partition coefficient (Wildman–Crippen LogP) is 6.12. The summed E-state index contributed by atoms with van der Waals surface area (Å²) in [5.41, 5.74) is 2.08. The van der Waals surface area contributed by atoms with E-state index in [0.717, 1.165) is 24.1 Å². The summed E-state index contributed by atoms with van der Waals surface area (Å²) < 4.78 is 40.9. The van der Waals surface area contributed by atoms with Crippen molar-refractivity contribution in [2.75, 3.05) is 27.3 Å². The van der Waals surface area contributed by atoms with Gasteiger partial charge in [0.2, 0.25) is 10.0 Å². The Labute approximate surface area is 220 Å². The number of hydrogen-bond donors (Lipinski definition) is 0. The molecule has 0 fully saturated rings. The zero-order valence-electron chi connectivity index (χ0n) is 20.3. The van der Waals surface area contributed by atoms with Crippen LogP contribution in [0.1, 0.15) is 26.7 Å². The van der Waals surface area contributed by atoms with Crippen molar-refractivity contribution in [2.24, 2.45) is 12.0 Å². The van der Waals surface area contributed by atoms with E-state index in [1.807, 2.05) is 36.9 Å². The van der Waals surface area contributed by atoms with E-state index < -0.39 is 10.0 Å². The summed E-state index contributed by atoms with van der Waals surface area (Å²) in [5.74, 6) is 1.02. The molecule has 0 unspecified atom stereocenters. The third-order valence-corrected chi connectivity index (χ3v) is 8.98. The van der Waals surface area contributed by atoms with Crippen molar-refractivity contribution in [3.63, 3.8) is 0 Å². The fraction of sp³-hybridized carbons (Fsp3) is 0.375. The number of methoxy groups -OCH3 is 2. The molecule has 0 bridgehead atoms. The standard InChI is InChI=1S/C24H29Cl2N3O4S2/c1-6-10-29(11-7-2)35(30,31)23-12-16(8-9-17(23)25)20-15-34-24(28(20)3)27-19-13-18(26)21(32-4)14-22(19)33-5/h8-9,12-15H,6-7,10-11H2,1-5H3/b27-24+. The summed E-state index contributed by atoms with van der Waals surface area (Å²) in [6, 6.07) is 8.43. The number of aromatic nitrogens is 1. The molecule has 0 amide bonds. The van der Waals surface area contributed by atoms with Gasteiger partial charge in [0.15, 0.2) is 4.80 Å². The highest BCUT2D eigenvalue weighted by Crippen LogP contribution is 2.37. The predicted molar refractivity (Wildman–Crippen MR) is 143 cm³/mol. The van der Waals surface area contributed by atoms with Gasteiger partial charge in [0.1, 0.15) is 22.1 Å². The van der Waals surface area contributed by atoms with Crippen LogP contribution < -0.4 is 14.3 Å². The maximum absolute atomic E-state index is 13.4. The van der Waals surface area contributed by atoms with E-state index in [1.54, 1.807) is 31.4 Å². The topological polar surface area (TPSA) is 73.1 Å². The van der Waals surface area contributed by atoms with Gasteiger partial charge in [0.25, 0.3) is 0 Å². The molecule has 0 aliphatic carbocycles. The van der Waals surface area contributed by atoms with E-state index in [9.17, 15) is 8.42 Å². The monoisotopic (exact) mass is 557 g/mol. The van der Waals surface area contributed by atoms with Crippen molar-refractivity contribution in [3.8, 4) is 22.8 Å². The summed E-state index contributed by atoms with van der Waals surface area (Å²) in [6.07, 6.45) is 1.44. The molecule has 7 nitrogen and oxygen atoms in total. The Hall–Kier alpha value is -2.04. The van der Waals surface area contributed by atoms with Gasteiger partial charge in [-0.15, -0.1) is 11.3 Å². The first kappa shape index (κ1) is 27.5. The minimum atomic E-state index is -3.73. The lowest BCUT2D eigenvalue weighted by molar-refractivity contribution is 0.395. The molecule has 3 rings (SSSR count). The molecule has 1 aromatic heterocycles. The molecule has 0 N–H and O–H groups in total. The lowest BCUT2D eigenvalue weighted by atomic mass is 10.2. The number of rotatable bonds is 10. The van der Waals surface area contributed by atoms with Crippen LogP contribution in [0.3, 0.4) is 0 Å². The number of ether oxygens (including phenoxy) is 2. The highest BCUT2D eigenvalue weighted by Gasteiger charge is 2.26. The lowest BCUT2D eigenvalue weighted by Gasteiger charge is -2.22. The molecule has 35 heavy (non-hydrogen) atoms. The molecule has 0 atom stereocenters. The van der Waals surface area contributed by atoms with Gasteiger partial charge in [-0.1, -0.05) is 43.1 Å². The van der Waals surface area contributed by atoms with Crippen molar-refractivity contribution in [2.45, 2.75) is 31.6 Å². The zero-order chi connectivity index (χ0) is 25.8. The molecule has 190 valence electrons. The van der Waals surface area contributed by atoms with Crippen molar-refractivity contribution in [1.29, 1.82) is 0 Å². The molecule has 2 aromatic carbocycles. The Morgan fingerprint density at radius 2 is 1.66 bits per heavy atom. The molecule has 0 aliphatic heterocycles. The maximum Gasteiger partial charge on any atom is 0.244 e. The quantitative estimate of drug-likeness (QED) is 0.301. The minimum absolute atomic E-state index is 0.104. The lowest BCUT2D eigenvalue weighted by Crippen LogP contribution is -2.32. The van der Waals surface area contributed by atoms with E-state index in [4.69, 9.17) is 37.7 Å². The minimum Gasteiger partial charge on any atom is -0.495 e. The van der Waals surface area contributed by atoms with Crippen LogP contribution in [0, 0.1) is 0 Å². The van der Waals surface area contributed by atoms with E-state index >= 15 is 0 Å². The molecule has 0 saturated carbocycles. The van der Waals surface area contributed by atoms with Crippen LogP contribution in [0.5, 0.6) is 11.5 Å². The number of nitrogens with zero attached hydrogens (tertiary/aromatic N) is 3. The molecular weight excluding hydrogens is 529 g/mol. The second-order valence-electron chi connectivity index (χ2n) is 7.78. The van der Waals surface area contributed by atoms with E-state index in [0.29, 0.717) is 40.1 Å². The van der Waals surface area contributed by atoms with Gasteiger partial charge in [-0.3, -0.25) is 0 Å². The van der Waals surface area contributed by atoms with Crippen LogP contribution in [0.25, 0.3) is 11.3 Å². The summed E-state index contributed by atoms with van der Waals surface area (Å²) >= 11 is 14.1. The average Bonchev–Trinajstić information content (AvgIpc) is 3.19. The second-order valence-corrected chi connectivity index (χ2v) is 11.3. The van der Waals surface area contributed by atoms with E-state index in [2.05, 4.69) is 0 Å². The highest BCUT2D eigenvalue weighted by atomic mass is 35.5. The number of halogens is 2. The Kier molecular flexibility index (Phi) is 9.28. The van der Waals surface area contributed by atoms with Gasteiger partial charge in [0, 0.05) is 37.1 Å². The van der Waals surface area contributed by atoms with Crippen molar-refractivity contribution in [3.05, 3.63) is 50.6 Å². The molecule has 0 radical (unpaired) electrons. The fourth-order valence-electron chi connectivity index (χ4n) is 3.62. The maximum atomic E-state index is 13.4. The fourth-order valence-corrected chi connectivity index (χ4v) is 6.90. The van der Waals surface area contributed by atoms with Crippen molar-refractivity contribution >= 4 is 50.2 Å². The SMILES string of the molecule is CCCN(CCC)S(=O)(=O)c1cc(-c2cs/c(=N/c3cc(Cl)c(OC)cc3OC)n2C)ccc1Cl. The van der Waals surface area contributed by atoms with Gasteiger partial charge < -0.3 is 14.0 Å². The van der Waals surface area contributed by atoms with Crippen LogP contribution in [-0.4, -0.2) is 44.6 Å². The first-order valence-corrected chi connectivity index (χ1v) is 14.2. The smallest absolute Gasteiger partial charge is 0.244 e. The molecule has 3 aromatic rings. The average molecular weight is 559 g/mol. The molecule has 1 heterocycles. The van der Waals surface area contributed by atoms with E-state index in [1.165, 1.54) is 22.8 Å². The largest absolute Gasteiger partial charge is 0.495 e.